The van der Waals surface area contributed by atoms with Crippen molar-refractivity contribution in [3.8, 4) is 11.4 Å². The van der Waals surface area contributed by atoms with Gasteiger partial charge in [0.05, 0.1) is 11.2 Å². The maximum Gasteiger partial charge on any atom is 0.231 e. The van der Waals surface area contributed by atoms with Crippen molar-refractivity contribution < 1.29 is 9.32 Å². The van der Waals surface area contributed by atoms with Crippen LogP contribution >= 0.6 is 0 Å². The number of aromatic nitrogens is 2. The number of anilines is 1. The van der Waals surface area contributed by atoms with Gasteiger partial charge < -0.3 is 4.52 Å². The lowest BCUT2D eigenvalue weighted by Crippen LogP contribution is -2.11. The van der Waals surface area contributed by atoms with Crippen LogP contribution in [0.3, 0.4) is 0 Å². The Balaban J connectivity index is 1.43. The van der Waals surface area contributed by atoms with Crippen LogP contribution in [0.1, 0.15) is 12.0 Å². The van der Waals surface area contributed by atoms with E-state index < -0.39 is 0 Å². The third-order valence-electron chi connectivity index (χ3n) is 4.12. The first kappa shape index (κ1) is 16.0. The van der Waals surface area contributed by atoms with Crippen LogP contribution in [0, 0.1) is 0 Å². The number of carbonyl (C=O) groups excluding carboxylic acids is 1. The fourth-order valence-corrected chi connectivity index (χ4v) is 2.77. The maximum absolute atomic E-state index is 12.1. The number of nitrogens with one attached hydrogen (secondary N) is 1. The summed E-state index contributed by atoms with van der Waals surface area (Å²) >= 11 is 0. The Kier molecular flexibility index (Phi) is 4.43. The smallest absolute Gasteiger partial charge is 0.231 e. The first-order chi connectivity index (χ1) is 12.8. The molecule has 1 amide bonds. The number of hydrogen-bond donors (Lipinski definition) is 1. The van der Waals surface area contributed by atoms with Gasteiger partial charge in [-0.05, 0) is 24.1 Å². The number of benzene rings is 2. The van der Waals surface area contributed by atoms with E-state index >= 15 is 0 Å². The summed E-state index contributed by atoms with van der Waals surface area (Å²) in [7, 11) is 0. The van der Waals surface area contributed by atoms with Crippen LogP contribution in [0.2, 0.25) is 0 Å². The van der Waals surface area contributed by atoms with Crippen molar-refractivity contribution in [1.82, 2.24) is 10.1 Å². The lowest BCUT2D eigenvalue weighted by Gasteiger charge is -2.01. The van der Waals surface area contributed by atoms with Gasteiger partial charge in [0.2, 0.25) is 11.8 Å². The first-order valence-electron chi connectivity index (χ1n) is 8.44. The summed E-state index contributed by atoms with van der Waals surface area (Å²) in [5, 5.41) is 7.82. The minimum Gasteiger partial charge on any atom is -0.338 e. The standard InChI is InChI=1S/C21H17N3O2/c25-20(13-10-15-6-2-1-3-7-15)23-21-14-19(24-26-21)18-12-11-16-8-4-5-9-17(16)22-18/h1-9,11-12,14H,10,13H2,(H,23,25). The van der Waals surface area contributed by atoms with Gasteiger partial charge in [-0.3, -0.25) is 10.1 Å². The highest BCUT2D eigenvalue weighted by atomic mass is 16.5. The van der Waals surface area contributed by atoms with Crippen molar-refractivity contribution in [3.05, 3.63) is 78.4 Å². The molecule has 0 aliphatic rings. The normalized spacial score (nSPS) is 10.8. The van der Waals surface area contributed by atoms with Crippen molar-refractivity contribution in [2.24, 2.45) is 0 Å². The fourth-order valence-electron chi connectivity index (χ4n) is 2.77. The molecule has 0 fully saturated rings. The summed E-state index contributed by atoms with van der Waals surface area (Å²) < 4.78 is 5.23. The van der Waals surface area contributed by atoms with Crippen LogP contribution in [0.5, 0.6) is 0 Å². The molecular formula is C21H17N3O2. The predicted octanol–water partition coefficient (Wildman–Crippen LogP) is 4.46. The van der Waals surface area contributed by atoms with Crippen molar-refractivity contribution in [1.29, 1.82) is 0 Å². The largest absolute Gasteiger partial charge is 0.338 e. The molecule has 0 unspecified atom stereocenters. The highest BCUT2D eigenvalue weighted by Gasteiger charge is 2.11. The molecule has 1 N–H and O–H groups in total. The zero-order valence-electron chi connectivity index (χ0n) is 14.1. The Morgan fingerprint density at radius 3 is 2.62 bits per heavy atom. The van der Waals surface area contributed by atoms with Crippen molar-refractivity contribution in [3.63, 3.8) is 0 Å². The van der Waals surface area contributed by atoms with E-state index in [0.29, 0.717) is 30.1 Å². The molecule has 4 aromatic rings. The summed E-state index contributed by atoms with van der Waals surface area (Å²) in [5.74, 6) is 0.219. The van der Waals surface area contributed by atoms with Crippen molar-refractivity contribution >= 4 is 22.7 Å². The van der Waals surface area contributed by atoms with Gasteiger partial charge in [-0.1, -0.05) is 59.8 Å². The highest BCUT2D eigenvalue weighted by molar-refractivity contribution is 5.90. The van der Waals surface area contributed by atoms with Crippen LogP contribution in [-0.2, 0) is 11.2 Å². The van der Waals surface area contributed by atoms with Gasteiger partial charge in [0, 0.05) is 17.9 Å². The first-order valence-corrected chi connectivity index (χ1v) is 8.44. The second-order valence-electron chi connectivity index (χ2n) is 6.00. The molecule has 0 radical (unpaired) electrons. The van der Waals surface area contributed by atoms with Gasteiger partial charge >= 0.3 is 0 Å². The second kappa shape index (κ2) is 7.19. The van der Waals surface area contributed by atoms with Gasteiger partial charge in [-0.15, -0.1) is 0 Å². The zero-order chi connectivity index (χ0) is 17.8. The molecule has 0 atom stereocenters. The Bertz CT molecular complexity index is 1040. The molecule has 5 heteroatoms. The highest BCUT2D eigenvalue weighted by Crippen LogP contribution is 2.22. The van der Waals surface area contributed by atoms with Gasteiger partial charge in [0.1, 0.15) is 5.69 Å². The van der Waals surface area contributed by atoms with Crippen molar-refractivity contribution in [2.75, 3.05) is 5.32 Å². The van der Waals surface area contributed by atoms with Gasteiger partial charge in [0.25, 0.3) is 0 Å². The zero-order valence-corrected chi connectivity index (χ0v) is 14.1. The summed E-state index contributed by atoms with van der Waals surface area (Å²) in [6, 6.07) is 23.3. The van der Waals surface area contributed by atoms with E-state index in [0.717, 1.165) is 16.5 Å². The maximum atomic E-state index is 12.1. The van der Waals surface area contributed by atoms with Crippen molar-refractivity contribution in [2.45, 2.75) is 12.8 Å². The fraction of sp³-hybridized carbons (Fsp3) is 0.0952. The number of rotatable bonds is 5. The molecule has 0 aliphatic heterocycles. The van der Waals surface area contributed by atoms with E-state index in [2.05, 4.69) is 15.5 Å². The number of pyridine rings is 1. The van der Waals surface area contributed by atoms with E-state index in [1.54, 1.807) is 6.07 Å². The molecule has 5 nitrogen and oxygen atoms in total. The Labute approximate surface area is 150 Å². The Morgan fingerprint density at radius 1 is 0.923 bits per heavy atom. The Hall–Kier alpha value is -3.47. The van der Waals surface area contributed by atoms with E-state index in [9.17, 15) is 4.79 Å². The number of hydrogen-bond acceptors (Lipinski definition) is 4. The third kappa shape index (κ3) is 3.62. The minimum absolute atomic E-state index is 0.108. The lowest BCUT2D eigenvalue weighted by atomic mass is 10.1. The van der Waals surface area contributed by atoms with Crippen LogP contribution in [0.4, 0.5) is 5.88 Å². The summed E-state index contributed by atoms with van der Waals surface area (Å²) in [6.07, 6.45) is 1.06. The van der Waals surface area contributed by atoms with Gasteiger partial charge in [-0.2, -0.15) is 0 Å². The third-order valence-corrected chi connectivity index (χ3v) is 4.12. The second-order valence-corrected chi connectivity index (χ2v) is 6.00. The average molecular weight is 343 g/mol. The van der Waals surface area contributed by atoms with E-state index in [-0.39, 0.29) is 5.91 Å². The number of para-hydroxylation sites is 1. The number of nitrogens with zero attached hydrogens (tertiary/aromatic N) is 2. The van der Waals surface area contributed by atoms with E-state index in [1.807, 2.05) is 66.7 Å². The van der Waals surface area contributed by atoms with Gasteiger partial charge in [-0.25, -0.2) is 4.98 Å². The van der Waals surface area contributed by atoms with E-state index in [1.165, 1.54) is 0 Å². The molecule has 0 saturated heterocycles. The summed E-state index contributed by atoms with van der Waals surface area (Å²) in [6.45, 7) is 0. The van der Waals surface area contributed by atoms with Crippen LogP contribution in [0.15, 0.2) is 77.3 Å². The number of carbonyl (C=O) groups is 1. The average Bonchev–Trinajstić information content (AvgIpc) is 3.15. The van der Waals surface area contributed by atoms with Crippen LogP contribution in [0.25, 0.3) is 22.3 Å². The molecule has 26 heavy (non-hydrogen) atoms. The van der Waals surface area contributed by atoms with Gasteiger partial charge in [0.15, 0.2) is 0 Å². The molecule has 2 aromatic heterocycles. The lowest BCUT2D eigenvalue weighted by molar-refractivity contribution is -0.116. The topological polar surface area (TPSA) is 68.0 Å². The molecular weight excluding hydrogens is 326 g/mol. The quantitative estimate of drug-likeness (QED) is 0.581. The SMILES string of the molecule is O=C(CCc1ccccc1)Nc1cc(-c2ccc3ccccc3n2)no1. The molecule has 2 aromatic carbocycles. The summed E-state index contributed by atoms with van der Waals surface area (Å²) in [4.78, 5) is 16.7. The predicted molar refractivity (Wildman–Crippen MR) is 101 cm³/mol. The molecule has 4 rings (SSSR count). The monoisotopic (exact) mass is 343 g/mol. The molecule has 128 valence electrons. The number of amides is 1. The van der Waals surface area contributed by atoms with E-state index in [4.69, 9.17) is 4.52 Å². The van der Waals surface area contributed by atoms with Crippen LogP contribution < -0.4 is 5.32 Å². The molecule has 2 heterocycles. The molecule has 0 saturated carbocycles. The Morgan fingerprint density at radius 2 is 1.73 bits per heavy atom. The molecule has 0 bridgehead atoms. The molecule has 0 aliphatic carbocycles. The number of fused-ring (bicyclic) bond motifs is 1. The number of aryl methyl sites for hydroxylation is 1. The minimum atomic E-state index is -0.108. The summed E-state index contributed by atoms with van der Waals surface area (Å²) in [5.41, 5.74) is 3.31. The van der Waals surface area contributed by atoms with Crippen LogP contribution in [-0.4, -0.2) is 16.0 Å². The molecule has 0 spiro atoms.